The van der Waals surface area contributed by atoms with Gasteiger partial charge in [-0.3, -0.25) is 9.69 Å². The van der Waals surface area contributed by atoms with Crippen molar-refractivity contribution in [1.82, 2.24) is 14.5 Å². The Kier molecular flexibility index (Phi) is 8.03. The molecule has 2 aromatic carbocycles. The molecule has 1 heterocycles. The molecule has 1 aliphatic heterocycles. The van der Waals surface area contributed by atoms with Crippen molar-refractivity contribution in [1.29, 1.82) is 0 Å². The highest BCUT2D eigenvalue weighted by molar-refractivity contribution is 7.89. The third kappa shape index (κ3) is 6.05. The maximum atomic E-state index is 13.2. The number of carbonyl (C=O) groups excluding carboxylic acids is 1. The molecule has 1 saturated carbocycles. The van der Waals surface area contributed by atoms with Crippen LogP contribution in [0.3, 0.4) is 0 Å². The highest BCUT2D eigenvalue weighted by Crippen LogP contribution is 2.28. The first-order valence-electron chi connectivity index (χ1n) is 11.9. The number of rotatable bonds is 8. The predicted octanol–water partition coefficient (Wildman–Crippen LogP) is 3.39. The van der Waals surface area contributed by atoms with Crippen LogP contribution in [0, 0.1) is 0 Å². The molecule has 2 aromatic rings. The summed E-state index contributed by atoms with van der Waals surface area (Å²) in [5.41, 5.74) is 1.54. The van der Waals surface area contributed by atoms with Gasteiger partial charge in [0.1, 0.15) is 10.6 Å². The normalized spacial score (nSPS) is 18.0. The van der Waals surface area contributed by atoms with Crippen molar-refractivity contribution in [2.45, 2.75) is 36.6 Å². The molecule has 0 radical (unpaired) electrons. The van der Waals surface area contributed by atoms with Gasteiger partial charge in [-0.25, -0.2) is 13.1 Å². The molecule has 0 spiro atoms. The maximum Gasteiger partial charge on any atom is 0.253 e. The van der Waals surface area contributed by atoms with Gasteiger partial charge in [-0.05, 0) is 36.6 Å². The molecule has 2 aliphatic rings. The Hall–Kier alpha value is -2.68. The van der Waals surface area contributed by atoms with Gasteiger partial charge in [0.05, 0.1) is 7.11 Å². The molecule has 1 amide bonds. The van der Waals surface area contributed by atoms with Gasteiger partial charge >= 0.3 is 0 Å². The number of nitrogens with zero attached hydrogens (tertiary/aromatic N) is 2. The van der Waals surface area contributed by atoms with Crippen LogP contribution in [0.4, 0.5) is 0 Å². The van der Waals surface area contributed by atoms with Crippen molar-refractivity contribution in [3.63, 3.8) is 0 Å². The second kappa shape index (κ2) is 11.2. The molecule has 7 nitrogen and oxygen atoms in total. The summed E-state index contributed by atoms with van der Waals surface area (Å²) in [6.45, 7) is 3.58. The second-order valence-electron chi connectivity index (χ2n) is 8.87. The fraction of sp³-hybridized carbons (Fsp3) is 0.423. The van der Waals surface area contributed by atoms with Crippen molar-refractivity contribution >= 4 is 22.0 Å². The molecule has 4 rings (SSSR count). The highest BCUT2D eigenvalue weighted by Gasteiger charge is 2.28. The Bertz CT molecular complexity index is 1100. The van der Waals surface area contributed by atoms with Gasteiger partial charge in [0, 0.05) is 44.3 Å². The van der Waals surface area contributed by atoms with Crippen LogP contribution in [-0.4, -0.2) is 70.0 Å². The molecule has 0 unspecified atom stereocenters. The van der Waals surface area contributed by atoms with E-state index in [2.05, 4.69) is 33.9 Å². The van der Waals surface area contributed by atoms with Crippen LogP contribution in [0.5, 0.6) is 5.75 Å². The fourth-order valence-corrected chi connectivity index (χ4v) is 6.06. The number of carbonyl (C=O) groups is 1. The van der Waals surface area contributed by atoms with Gasteiger partial charge in [-0.15, -0.1) is 0 Å². The summed E-state index contributed by atoms with van der Waals surface area (Å²) in [7, 11) is -2.34. The zero-order valence-electron chi connectivity index (χ0n) is 19.7. The number of piperazine rings is 1. The number of nitrogens with one attached hydrogen (secondary N) is 1. The largest absolute Gasteiger partial charge is 0.495 e. The van der Waals surface area contributed by atoms with E-state index in [-0.39, 0.29) is 22.6 Å². The number of methoxy groups -OCH3 is 1. The van der Waals surface area contributed by atoms with Crippen LogP contribution in [-0.2, 0) is 10.0 Å². The monoisotopic (exact) mass is 483 g/mol. The lowest BCUT2D eigenvalue weighted by molar-refractivity contribution is 0.0650. The van der Waals surface area contributed by atoms with Crippen LogP contribution in [0.2, 0.25) is 0 Å². The summed E-state index contributed by atoms with van der Waals surface area (Å²) in [4.78, 5) is 17.3. The molecule has 1 N–H and O–H groups in total. The molecule has 1 aliphatic carbocycles. The minimum atomic E-state index is -3.78. The Morgan fingerprint density at radius 3 is 2.44 bits per heavy atom. The molecule has 1 saturated heterocycles. The van der Waals surface area contributed by atoms with Crippen LogP contribution < -0.4 is 9.46 Å². The van der Waals surface area contributed by atoms with Crippen molar-refractivity contribution in [3.8, 4) is 5.75 Å². The quantitative estimate of drug-likeness (QED) is 0.623. The Labute approximate surface area is 202 Å². The lowest BCUT2D eigenvalue weighted by atomic mass is 10.1. The topological polar surface area (TPSA) is 79.0 Å². The lowest BCUT2D eigenvalue weighted by Gasteiger charge is -2.34. The number of benzene rings is 2. The van der Waals surface area contributed by atoms with Gasteiger partial charge in [-0.1, -0.05) is 55.3 Å². The van der Waals surface area contributed by atoms with E-state index in [0.717, 1.165) is 45.3 Å². The SMILES string of the molecule is COc1ccc(C(=O)N2CCN(C/C=C/c3ccccc3)CC2)cc1S(=O)(=O)NC1CCCC1. The predicted molar refractivity (Wildman–Crippen MR) is 133 cm³/mol. The summed E-state index contributed by atoms with van der Waals surface area (Å²) < 4.78 is 34.2. The fourth-order valence-electron chi connectivity index (χ4n) is 4.56. The maximum absolute atomic E-state index is 13.2. The smallest absolute Gasteiger partial charge is 0.253 e. The third-order valence-corrected chi connectivity index (χ3v) is 8.05. The average Bonchev–Trinajstić information content (AvgIpc) is 3.36. The molecule has 182 valence electrons. The van der Waals surface area contributed by atoms with E-state index >= 15 is 0 Å². The zero-order valence-corrected chi connectivity index (χ0v) is 20.5. The number of hydrogen-bond acceptors (Lipinski definition) is 5. The van der Waals surface area contributed by atoms with Crippen LogP contribution >= 0.6 is 0 Å². The second-order valence-corrected chi connectivity index (χ2v) is 10.6. The standard InChI is InChI=1S/C26H33N3O4S/c1-33-24-14-13-22(20-25(24)34(31,32)27-23-11-5-6-12-23)26(30)29-18-16-28(17-19-29)15-7-10-21-8-3-2-4-9-21/h2-4,7-10,13-14,20,23,27H,5-6,11-12,15-19H2,1H3/b10-7+. The summed E-state index contributed by atoms with van der Waals surface area (Å²) in [5, 5.41) is 0. The molecule has 0 aromatic heterocycles. The lowest BCUT2D eigenvalue weighted by Crippen LogP contribution is -2.48. The summed E-state index contributed by atoms with van der Waals surface area (Å²) >= 11 is 0. The minimum Gasteiger partial charge on any atom is -0.495 e. The Balaban J connectivity index is 1.38. The number of sulfonamides is 1. The Morgan fingerprint density at radius 2 is 1.76 bits per heavy atom. The molecule has 8 heteroatoms. The summed E-state index contributed by atoms with van der Waals surface area (Å²) in [6.07, 6.45) is 7.98. The minimum absolute atomic E-state index is 0.0254. The van der Waals surface area contributed by atoms with Gasteiger partial charge in [0.25, 0.3) is 5.91 Å². The average molecular weight is 484 g/mol. The van der Waals surface area contributed by atoms with Crippen molar-refractivity contribution in [2.75, 3.05) is 39.8 Å². The van der Waals surface area contributed by atoms with E-state index in [0.29, 0.717) is 18.7 Å². The molecular weight excluding hydrogens is 450 g/mol. The van der Waals surface area contributed by atoms with E-state index in [1.165, 1.54) is 18.7 Å². The summed E-state index contributed by atoms with van der Waals surface area (Å²) in [5.74, 6) is 0.0940. The van der Waals surface area contributed by atoms with Gasteiger partial charge in [-0.2, -0.15) is 0 Å². The first-order valence-corrected chi connectivity index (χ1v) is 13.4. The number of amides is 1. The Morgan fingerprint density at radius 1 is 1.06 bits per heavy atom. The van der Waals surface area contributed by atoms with Crippen molar-refractivity contribution < 1.29 is 17.9 Å². The number of hydrogen-bond donors (Lipinski definition) is 1. The molecular formula is C26H33N3O4S. The van der Waals surface area contributed by atoms with Crippen molar-refractivity contribution in [2.24, 2.45) is 0 Å². The number of ether oxygens (including phenoxy) is 1. The van der Waals surface area contributed by atoms with E-state index < -0.39 is 10.0 Å². The third-order valence-electron chi connectivity index (χ3n) is 6.51. The molecule has 0 atom stereocenters. The van der Waals surface area contributed by atoms with Gasteiger partial charge in [0.15, 0.2) is 0 Å². The van der Waals surface area contributed by atoms with Crippen LogP contribution in [0.15, 0.2) is 59.5 Å². The summed E-state index contributed by atoms with van der Waals surface area (Å²) in [6, 6.07) is 14.8. The van der Waals surface area contributed by atoms with Crippen LogP contribution in [0.25, 0.3) is 6.08 Å². The molecule has 2 fully saturated rings. The van der Waals surface area contributed by atoms with Crippen LogP contribution in [0.1, 0.15) is 41.6 Å². The van der Waals surface area contributed by atoms with E-state index in [9.17, 15) is 13.2 Å². The zero-order chi connectivity index (χ0) is 24.0. The van der Waals surface area contributed by atoms with Gasteiger partial charge in [0.2, 0.25) is 10.0 Å². The molecule has 0 bridgehead atoms. The highest BCUT2D eigenvalue weighted by atomic mass is 32.2. The van der Waals surface area contributed by atoms with E-state index in [4.69, 9.17) is 4.74 Å². The van der Waals surface area contributed by atoms with Gasteiger partial charge < -0.3 is 9.64 Å². The van der Waals surface area contributed by atoms with E-state index in [1.54, 1.807) is 17.0 Å². The first kappa shape index (κ1) is 24.4. The van der Waals surface area contributed by atoms with E-state index in [1.807, 2.05) is 18.2 Å². The first-order chi connectivity index (χ1) is 16.5. The van der Waals surface area contributed by atoms with Crippen molar-refractivity contribution in [3.05, 3.63) is 65.7 Å². The molecule has 34 heavy (non-hydrogen) atoms.